The molecule has 0 atom stereocenters. The predicted octanol–water partition coefficient (Wildman–Crippen LogP) is 1.27. The molecule has 0 radical (unpaired) electrons. The predicted molar refractivity (Wildman–Crippen MR) is 56.6 cm³/mol. The molecule has 14 heavy (non-hydrogen) atoms. The molecule has 2 aromatic rings. The third-order valence-corrected chi connectivity index (χ3v) is 2.10. The van der Waals surface area contributed by atoms with E-state index in [1.54, 1.807) is 7.05 Å². The number of anilines is 1. The quantitative estimate of drug-likeness (QED) is 0.710. The average molecular weight is 189 g/mol. The van der Waals surface area contributed by atoms with Crippen LogP contribution in [0.3, 0.4) is 0 Å². The van der Waals surface area contributed by atoms with Gasteiger partial charge in [0.05, 0.1) is 10.9 Å². The molecular weight excluding hydrogens is 178 g/mol. The molecule has 1 heterocycles. The highest BCUT2D eigenvalue weighted by Gasteiger charge is 2.01. The number of hydrogen-bond acceptors (Lipinski definition) is 3. The maximum Gasteiger partial charge on any atom is 0.260 e. The van der Waals surface area contributed by atoms with Gasteiger partial charge in [-0.2, -0.15) is 0 Å². The summed E-state index contributed by atoms with van der Waals surface area (Å²) in [6.07, 6.45) is 0. The number of fused-ring (bicyclic) bond motifs is 1. The second-order valence-electron chi connectivity index (χ2n) is 3.19. The number of rotatable bonds is 1. The van der Waals surface area contributed by atoms with Crippen LogP contribution in [0.4, 0.5) is 5.95 Å². The zero-order valence-electron chi connectivity index (χ0n) is 8.09. The SMILES string of the molecule is CNc1nc2ccc(C)cc2c(=O)[nH]1. The standard InChI is InChI=1S/C10H11N3O/c1-6-3-4-8-7(5-6)9(14)13-10(11-2)12-8/h3-5H,1-2H3,(H2,11,12,13,14). The molecule has 0 spiro atoms. The minimum absolute atomic E-state index is 0.108. The Labute approximate surface area is 81.0 Å². The van der Waals surface area contributed by atoms with Gasteiger partial charge < -0.3 is 5.32 Å². The summed E-state index contributed by atoms with van der Waals surface area (Å²) in [5, 5.41) is 3.44. The first kappa shape index (κ1) is 8.74. The number of benzene rings is 1. The van der Waals surface area contributed by atoms with Crippen LogP contribution in [0.1, 0.15) is 5.56 Å². The first-order chi connectivity index (χ1) is 6.70. The number of aryl methyl sites for hydroxylation is 1. The Bertz CT molecular complexity index is 530. The Balaban J connectivity index is 2.83. The summed E-state index contributed by atoms with van der Waals surface area (Å²) >= 11 is 0. The summed E-state index contributed by atoms with van der Waals surface area (Å²) in [6, 6.07) is 5.62. The molecule has 4 nitrogen and oxygen atoms in total. The highest BCUT2D eigenvalue weighted by Crippen LogP contribution is 2.10. The van der Waals surface area contributed by atoms with Crippen LogP contribution in [0.2, 0.25) is 0 Å². The zero-order valence-corrected chi connectivity index (χ0v) is 8.09. The minimum atomic E-state index is -0.108. The summed E-state index contributed by atoms with van der Waals surface area (Å²) < 4.78 is 0. The molecule has 0 aliphatic heterocycles. The average Bonchev–Trinajstić information content (AvgIpc) is 2.19. The lowest BCUT2D eigenvalue weighted by Gasteiger charge is -2.01. The van der Waals surface area contributed by atoms with Crippen molar-refractivity contribution in [3.63, 3.8) is 0 Å². The highest BCUT2D eigenvalue weighted by molar-refractivity contribution is 5.79. The number of aromatic nitrogens is 2. The van der Waals surface area contributed by atoms with Crippen LogP contribution < -0.4 is 10.9 Å². The van der Waals surface area contributed by atoms with E-state index in [4.69, 9.17) is 0 Å². The van der Waals surface area contributed by atoms with E-state index in [9.17, 15) is 4.79 Å². The molecule has 0 saturated heterocycles. The zero-order chi connectivity index (χ0) is 10.1. The van der Waals surface area contributed by atoms with Gasteiger partial charge in [0, 0.05) is 7.05 Å². The van der Waals surface area contributed by atoms with Crippen molar-refractivity contribution in [2.75, 3.05) is 12.4 Å². The highest BCUT2D eigenvalue weighted by atomic mass is 16.1. The van der Waals surface area contributed by atoms with Gasteiger partial charge >= 0.3 is 0 Å². The fourth-order valence-electron chi connectivity index (χ4n) is 1.37. The normalized spacial score (nSPS) is 10.4. The van der Waals surface area contributed by atoms with Gasteiger partial charge in [-0.25, -0.2) is 4.98 Å². The number of hydrogen-bond donors (Lipinski definition) is 2. The van der Waals surface area contributed by atoms with Crippen molar-refractivity contribution in [2.24, 2.45) is 0 Å². The van der Waals surface area contributed by atoms with Crippen LogP contribution in [0.5, 0.6) is 0 Å². The molecule has 1 aromatic carbocycles. The van der Waals surface area contributed by atoms with Gasteiger partial charge in [0.2, 0.25) is 5.95 Å². The van der Waals surface area contributed by atoms with Crippen molar-refractivity contribution in [3.8, 4) is 0 Å². The fraction of sp³-hybridized carbons (Fsp3) is 0.200. The lowest BCUT2D eigenvalue weighted by Crippen LogP contribution is -2.11. The molecule has 0 fully saturated rings. The van der Waals surface area contributed by atoms with Crippen molar-refractivity contribution in [3.05, 3.63) is 34.1 Å². The van der Waals surface area contributed by atoms with Gasteiger partial charge in [0.25, 0.3) is 5.56 Å². The Kier molecular flexibility index (Phi) is 1.96. The second kappa shape index (κ2) is 3.14. The molecule has 4 heteroatoms. The Hall–Kier alpha value is -1.84. The molecule has 0 saturated carbocycles. The van der Waals surface area contributed by atoms with Crippen molar-refractivity contribution >= 4 is 16.9 Å². The van der Waals surface area contributed by atoms with E-state index in [0.717, 1.165) is 5.56 Å². The van der Waals surface area contributed by atoms with Crippen LogP contribution in [-0.4, -0.2) is 17.0 Å². The van der Waals surface area contributed by atoms with Crippen molar-refractivity contribution in [1.82, 2.24) is 9.97 Å². The molecule has 0 amide bonds. The molecule has 0 unspecified atom stereocenters. The molecule has 72 valence electrons. The fourth-order valence-corrected chi connectivity index (χ4v) is 1.37. The van der Waals surface area contributed by atoms with E-state index in [2.05, 4.69) is 15.3 Å². The van der Waals surface area contributed by atoms with Gasteiger partial charge in [-0.3, -0.25) is 9.78 Å². The summed E-state index contributed by atoms with van der Waals surface area (Å²) in [7, 11) is 1.72. The van der Waals surface area contributed by atoms with Gasteiger partial charge in [-0.15, -0.1) is 0 Å². The second-order valence-corrected chi connectivity index (χ2v) is 3.19. The molecule has 2 rings (SSSR count). The van der Waals surface area contributed by atoms with Gasteiger partial charge in [0.15, 0.2) is 0 Å². The Morgan fingerprint density at radius 1 is 1.43 bits per heavy atom. The molecule has 0 bridgehead atoms. The van der Waals surface area contributed by atoms with Crippen molar-refractivity contribution in [2.45, 2.75) is 6.92 Å². The van der Waals surface area contributed by atoms with E-state index in [1.807, 2.05) is 25.1 Å². The Morgan fingerprint density at radius 2 is 2.21 bits per heavy atom. The van der Waals surface area contributed by atoms with E-state index in [1.165, 1.54) is 0 Å². The molecule has 0 aliphatic carbocycles. The van der Waals surface area contributed by atoms with Crippen molar-refractivity contribution < 1.29 is 0 Å². The van der Waals surface area contributed by atoms with Gasteiger partial charge in [0.1, 0.15) is 0 Å². The van der Waals surface area contributed by atoms with Crippen LogP contribution in [-0.2, 0) is 0 Å². The number of nitrogens with zero attached hydrogens (tertiary/aromatic N) is 1. The minimum Gasteiger partial charge on any atom is -0.359 e. The van der Waals surface area contributed by atoms with Gasteiger partial charge in [-0.05, 0) is 19.1 Å². The lowest BCUT2D eigenvalue weighted by atomic mass is 10.2. The van der Waals surface area contributed by atoms with Crippen LogP contribution >= 0.6 is 0 Å². The number of H-pyrrole nitrogens is 1. The maximum atomic E-state index is 11.6. The largest absolute Gasteiger partial charge is 0.359 e. The van der Waals surface area contributed by atoms with Crippen LogP contribution in [0.25, 0.3) is 10.9 Å². The van der Waals surface area contributed by atoms with E-state index in [-0.39, 0.29) is 5.56 Å². The van der Waals surface area contributed by atoms with E-state index in [0.29, 0.717) is 16.9 Å². The summed E-state index contributed by atoms with van der Waals surface area (Å²) in [6.45, 7) is 1.95. The maximum absolute atomic E-state index is 11.6. The third-order valence-electron chi connectivity index (χ3n) is 2.10. The molecule has 2 N–H and O–H groups in total. The topological polar surface area (TPSA) is 57.8 Å². The van der Waals surface area contributed by atoms with E-state index < -0.39 is 0 Å². The lowest BCUT2D eigenvalue weighted by molar-refractivity contribution is 1.15. The van der Waals surface area contributed by atoms with Crippen molar-refractivity contribution in [1.29, 1.82) is 0 Å². The molecular formula is C10H11N3O. The summed E-state index contributed by atoms with van der Waals surface area (Å²) in [4.78, 5) is 18.5. The third kappa shape index (κ3) is 1.35. The van der Waals surface area contributed by atoms with Crippen LogP contribution in [0.15, 0.2) is 23.0 Å². The number of nitrogens with one attached hydrogen (secondary N) is 2. The molecule has 1 aromatic heterocycles. The molecule has 0 aliphatic rings. The smallest absolute Gasteiger partial charge is 0.260 e. The first-order valence-corrected chi connectivity index (χ1v) is 4.39. The first-order valence-electron chi connectivity index (χ1n) is 4.39. The van der Waals surface area contributed by atoms with Crippen LogP contribution in [0, 0.1) is 6.92 Å². The monoisotopic (exact) mass is 189 g/mol. The summed E-state index contributed by atoms with van der Waals surface area (Å²) in [5.74, 6) is 0.492. The summed E-state index contributed by atoms with van der Waals surface area (Å²) in [5.41, 5.74) is 1.66. The van der Waals surface area contributed by atoms with Gasteiger partial charge in [-0.1, -0.05) is 11.6 Å². The van der Waals surface area contributed by atoms with E-state index >= 15 is 0 Å². The Morgan fingerprint density at radius 3 is 2.93 bits per heavy atom. The number of aromatic amines is 1.